The average Bonchev–Trinajstić information content (AvgIpc) is 2.74. The summed E-state index contributed by atoms with van der Waals surface area (Å²) in [5.74, 6) is 2.20. The summed E-state index contributed by atoms with van der Waals surface area (Å²) in [5.41, 5.74) is 2.97. The van der Waals surface area contributed by atoms with Crippen LogP contribution in [0.4, 0.5) is 5.69 Å². The van der Waals surface area contributed by atoms with Gasteiger partial charge in [0.05, 0.1) is 20.8 Å². The zero-order valence-electron chi connectivity index (χ0n) is 17.1. The molecule has 0 saturated heterocycles. The van der Waals surface area contributed by atoms with E-state index >= 15 is 0 Å². The van der Waals surface area contributed by atoms with Gasteiger partial charge in [-0.1, -0.05) is 30.3 Å². The Morgan fingerprint density at radius 2 is 1.97 bits per heavy atom. The van der Waals surface area contributed by atoms with Gasteiger partial charge in [-0.2, -0.15) is 0 Å². The number of ether oxygens (including phenoxy) is 2. The van der Waals surface area contributed by atoms with Gasteiger partial charge >= 0.3 is 0 Å². The predicted octanol–water partition coefficient (Wildman–Crippen LogP) is 2.88. The van der Waals surface area contributed by atoms with Gasteiger partial charge in [-0.05, 0) is 24.6 Å². The third-order valence-corrected chi connectivity index (χ3v) is 4.86. The number of anilines is 1. The number of carbonyl (C=O) groups is 1. The molecule has 0 radical (unpaired) electrons. The third-order valence-electron chi connectivity index (χ3n) is 4.86. The SMILES string of the molecule is CCNC(=NCc1cccc(OC)c1OC)NCC1CC(=O)Nc2ccccc21. The number of aliphatic imine (C=N–C) groups is 1. The molecule has 1 aliphatic heterocycles. The van der Waals surface area contributed by atoms with Crippen LogP contribution >= 0.6 is 0 Å². The summed E-state index contributed by atoms with van der Waals surface area (Å²) in [7, 11) is 3.24. The minimum atomic E-state index is 0.0403. The van der Waals surface area contributed by atoms with Gasteiger partial charge in [0.1, 0.15) is 0 Å². The van der Waals surface area contributed by atoms with Gasteiger partial charge in [0, 0.05) is 36.7 Å². The lowest BCUT2D eigenvalue weighted by molar-refractivity contribution is -0.116. The van der Waals surface area contributed by atoms with Gasteiger partial charge in [0.2, 0.25) is 5.91 Å². The van der Waals surface area contributed by atoms with Crippen LogP contribution in [0.5, 0.6) is 11.5 Å². The van der Waals surface area contributed by atoms with Crippen molar-refractivity contribution in [3.63, 3.8) is 0 Å². The van der Waals surface area contributed by atoms with E-state index in [1.54, 1.807) is 14.2 Å². The number of nitrogens with one attached hydrogen (secondary N) is 3. The van der Waals surface area contributed by atoms with Crippen LogP contribution in [0.3, 0.4) is 0 Å². The summed E-state index contributed by atoms with van der Waals surface area (Å²) in [6.45, 7) is 3.82. The van der Waals surface area contributed by atoms with Crippen molar-refractivity contribution in [1.29, 1.82) is 0 Å². The molecule has 0 bridgehead atoms. The summed E-state index contributed by atoms with van der Waals surface area (Å²) in [5, 5.41) is 9.57. The standard InChI is InChI=1S/C22H28N4O3/c1-4-23-22(24-13-15-8-7-11-19(28-2)21(15)29-3)25-14-16-12-20(27)26-18-10-6-5-9-17(16)18/h5-11,16H,4,12-14H2,1-3H3,(H,26,27)(H2,23,24,25). The highest BCUT2D eigenvalue weighted by Gasteiger charge is 2.24. The number of rotatable bonds is 7. The Hall–Kier alpha value is -3.22. The molecule has 7 nitrogen and oxygen atoms in total. The highest BCUT2D eigenvalue weighted by atomic mass is 16.5. The summed E-state index contributed by atoms with van der Waals surface area (Å²) < 4.78 is 10.8. The van der Waals surface area contributed by atoms with Crippen LogP contribution in [0, 0.1) is 0 Å². The van der Waals surface area contributed by atoms with Crippen LogP contribution in [0.15, 0.2) is 47.5 Å². The highest BCUT2D eigenvalue weighted by Crippen LogP contribution is 2.32. The van der Waals surface area contributed by atoms with Gasteiger partial charge in [-0.3, -0.25) is 4.79 Å². The molecule has 0 aromatic heterocycles. The fraction of sp³-hybridized carbons (Fsp3) is 0.364. The number of methoxy groups -OCH3 is 2. The molecule has 0 saturated carbocycles. The fourth-order valence-electron chi connectivity index (χ4n) is 3.49. The first kappa shape index (κ1) is 20.5. The van der Waals surface area contributed by atoms with Crippen molar-refractivity contribution in [2.75, 3.05) is 32.6 Å². The molecule has 1 heterocycles. The zero-order chi connectivity index (χ0) is 20.6. The zero-order valence-corrected chi connectivity index (χ0v) is 17.1. The van der Waals surface area contributed by atoms with Crippen molar-refractivity contribution >= 4 is 17.6 Å². The van der Waals surface area contributed by atoms with Crippen molar-refractivity contribution in [1.82, 2.24) is 10.6 Å². The van der Waals surface area contributed by atoms with Gasteiger partial charge in [-0.25, -0.2) is 4.99 Å². The van der Waals surface area contributed by atoms with Gasteiger partial charge in [-0.15, -0.1) is 0 Å². The molecule has 29 heavy (non-hydrogen) atoms. The first-order valence-corrected chi connectivity index (χ1v) is 9.77. The second-order valence-electron chi connectivity index (χ2n) is 6.77. The van der Waals surface area contributed by atoms with Crippen LogP contribution < -0.4 is 25.4 Å². The largest absolute Gasteiger partial charge is 0.493 e. The van der Waals surface area contributed by atoms with E-state index in [0.29, 0.717) is 37.0 Å². The molecule has 0 fully saturated rings. The first-order valence-electron chi connectivity index (χ1n) is 9.77. The Kier molecular flexibility index (Phi) is 6.94. The summed E-state index contributed by atoms with van der Waals surface area (Å²) in [6, 6.07) is 13.7. The molecule has 3 rings (SSSR count). The Balaban J connectivity index is 1.72. The molecule has 2 aromatic carbocycles. The number of hydrogen-bond donors (Lipinski definition) is 3. The van der Waals surface area contributed by atoms with Crippen molar-refractivity contribution in [2.24, 2.45) is 4.99 Å². The second-order valence-corrected chi connectivity index (χ2v) is 6.77. The van der Waals surface area contributed by atoms with Crippen LogP contribution in [0.25, 0.3) is 0 Å². The van der Waals surface area contributed by atoms with Crippen molar-refractivity contribution < 1.29 is 14.3 Å². The van der Waals surface area contributed by atoms with E-state index in [9.17, 15) is 4.79 Å². The van der Waals surface area contributed by atoms with E-state index in [0.717, 1.165) is 23.4 Å². The number of fused-ring (bicyclic) bond motifs is 1. The average molecular weight is 396 g/mol. The second kappa shape index (κ2) is 9.82. The highest BCUT2D eigenvalue weighted by molar-refractivity contribution is 5.94. The number of benzene rings is 2. The maximum absolute atomic E-state index is 12.0. The molecule has 2 aromatic rings. The number of carbonyl (C=O) groups excluding carboxylic acids is 1. The molecule has 0 spiro atoms. The number of nitrogens with zero attached hydrogens (tertiary/aromatic N) is 1. The molecule has 1 aliphatic rings. The van der Waals surface area contributed by atoms with Crippen molar-refractivity contribution in [2.45, 2.75) is 25.8 Å². The predicted molar refractivity (Wildman–Crippen MR) is 115 cm³/mol. The van der Waals surface area contributed by atoms with Crippen LogP contribution in [0.1, 0.15) is 30.4 Å². The first-order chi connectivity index (χ1) is 14.2. The molecule has 0 aliphatic carbocycles. The Bertz CT molecular complexity index is 882. The van der Waals surface area contributed by atoms with E-state index in [1.165, 1.54) is 0 Å². The Labute approximate surface area is 171 Å². The maximum atomic E-state index is 12.0. The van der Waals surface area contributed by atoms with Crippen LogP contribution in [0.2, 0.25) is 0 Å². The Morgan fingerprint density at radius 3 is 2.72 bits per heavy atom. The minimum absolute atomic E-state index is 0.0403. The maximum Gasteiger partial charge on any atom is 0.225 e. The molecule has 154 valence electrons. The number of para-hydroxylation sites is 2. The van der Waals surface area contributed by atoms with E-state index in [4.69, 9.17) is 9.47 Å². The van der Waals surface area contributed by atoms with Gasteiger partial charge < -0.3 is 25.4 Å². The molecule has 3 N–H and O–H groups in total. The molecular weight excluding hydrogens is 368 g/mol. The quantitative estimate of drug-likeness (QED) is 0.495. The number of hydrogen-bond acceptors (Lipinski definition) is 4. The van der Waals surface area contributed by atoms with Crippen molar-refractivity contribution in [3.8, 4) is 11.5 Å². The third kappa shape index (κ3) is 4.99. The van der Waals surface area contributed by atoms with E-state index in [-0.39, 0.29) is 11.8 Å². The van der Waals surface area contributed by atoms with Gasteiger partial charge in [0.25, 0.3) is 0 Å². The summed E-state index contributed by atoms with van der Waals surface area (Å²) in [6.07, 6.45) is 0.452. The fourth-order valence-corrected chi connectivity index (χ4v) is 3.49. The summed E-state index contributed by atoms with van der Waals surface area (Å²) >= 11 is 0. The molecule has 1 atom stereocenters. The lowest BCUT2D eigenvalue weighted by atomic mass is 9.90. The minimum Gasteiger partial charge on any atom is -0.493 e. The van der Waals surface area contributed by atoms with Crippen LogP contribution in [-0.2, 0) is 11.3 Å². The topological polar surface area (TPSA) is 84.0 Å². The van der Waals surface area contributed by atoms with Crippen molar-refractivity contribution in [3.05, 3.63) is 53.6 Å². The Morgan fingerprint density at radius 1 is 1.14 bits per heavy atom. The summed E-state index contributed by atoms with van der Waals surface area (Å²) in [4.78, 5) is 16.7. The van der Waals surface area contributed by atoms with E-state index in [2.05, 4.69) is 27.0 Å². The lowest BCUT2D eigenvalue weighted by Crippen LogP contribution is -2.40. The van der Waals surface area contributed by atoms with E-state index in [1.807, 2.05) is 43.3 Å². The van der Waals surface area contributed by atoms with Gasteiger partial charge in [0.15, 0.2) is 17.5 Å². The molecule has 1 amide bonds. The number of amides is 1. The molecular formula is C22H28N4O3. The molecule has 7 heteroatoms. The van der Waals surface area contributed by atoms with E-state index < -0.39 is 0 Å². The lowest BCUT2D eigenvalue weighted by Gasteiger charge is -2.26. The normalized spacial score (nSPS) is 15.9. The number of guanidine groups is 1. The van der Waals surface area contributed by atoms with Crippen LogP contribution in [-0.4, -0.2) is 39.2 Å². The monoisotopic (exact) mass is 396 g/mol. The molecule has 1 unspecified atom stereocenters. The smallest absolute Gasteiger partial charge is 0.225 e.